The smallest absolute Gasteiger partial charge is 0.416 e. The summed E-state index contributed by atoms with van der Waals surface area (Å²) in [6.45, 7) is 1.97. The van der Waals surface area contributed by atoms with E-state index in [1.54, 1.807) is 30.1 Å². The molecule has 10 heteroatoms. The van der Waals surface area contributed by atoms with Crippen LogP contribution in [-0.2, 0) is 6.18 Å². The number of benzene rings is 1. The van der Waals surface area contributed by atoms with Gasteiger partial charge in [0.25, 0.3) is 0 Å². The predicted molar refractivity (Wildman–Crippen MR) is 104 cm³/mol. The second kappa shape index (κ2) is 7.62. The van der Waals surface area contributed by atoms with Crippen molar-refractivity contribution in [2.24, 2.45) is 0 Å². The van der Waals surface area contributed by atoms with Crippen molar-refractivity contribution in [2.45, 2.75) is 19.0 Å². The van der Waals surface area contributed by atoms with Gasteiger partial charge in [-0.2, -0.15) is 22.7 Å². The molecule has 0 saturated carbocycles. The third-order valence-corrected chi connectivity index (χ3v) is 4.60. The normalized spacial score (nSPS) is 12.7. The maximum absolute atomic E-state index is 12.7. The van der Waals surface area contributed by atoms with Gasteiger partial charge in [-0.3, -0.25) is 0 Å². The average molecular weight is 414 g/mol. The maximum Gasteiger partial charge on any atom is 0.416 e. The molecule has 1 aromatic carbocycles. The highest BCUT2D eigenvalue weighted by molar-refractivity contribution is 5.56. The molecule has 1 N–H and O–H groups in total. The molecule has 0 spiro atoms. The van der Waals surface area contributed by atoms with Crippen molar-refractivity contribution < 1.29 is 17.9 Å². The minimum absolute atomic E-state index is 0.133. The second-order valence-electron chi connectivity index (χ2n) is 6.56. The van der Waals surface area contributed by atoms with E-state index in [2.05, 4.69) is 25.4 Å². The molecule has 0 bridgehead atoms. The van der Waals surface area contributed by atoms with E-state index in [0.717, 1.165) is 17.7 Å². The second-order valence-corrected chi connectivity index (χ2v) is 6.56. The van der Waals surface area contributed by atoms with E-state index in [4.69, 9.17) is 4.74 Å². The van der Waals surface area contributed by atoms with E-state index in [-0.39, 0.29) is 11.9 Å². The van der Waals surface area contributed by atoms with Crippen LogP contribution in [0.3, 0.4) is 0 Å². The van der Waals surface area contributed by atoms with Crippen LogP contribution in [0.4, 0.5) is 24.8 Å². The number of aromatic nitrogens is 5. The quantitative estimate of drug-likeness (QED) is 0.520. The molecular formula is C20H17F3N6O. The highest BCUT2D eigenvalue weighted by Crippen LogP contribution is 2.30. The van der Waals surface area contributed by atoms with Crippen molar-refractivity contribution in [1.29, 1.82) is 0 Å². The van der Waals surface area contributed by atoms with Gasteiger partial charge in [-0.15, -0.1) is 5.10 Å². The standard InChI is InChI=1S/C20H17F3N6O/c1-12(13-7-9-24-17(11-13)30-2)18-25-10-8-16-27-19(28-29(16)18)26-15-5-3-14(4-6-15)20(21,22)23/h3-12H,1-2H3,(H,26,28). The Balaban J connectivity index is 1.63. The molecule has 30 heavy (non-hydrogen) atoms. The van der Waals surface area contributed by atoms with E-state index in [1.807, 2.05) is 19.1 Å². The number of methoxy groups -OCH3 is 1. The van der Waals surface area contributed by atoms with Crippen molar-refractivity contribution in [3.05, 3.63) is 71.8 Å². The maximum atomic E-state index is 12.7. The predicted octanol–water partition coefficient (Wildman–Crippen LogP) is 4.44. The summed E-state index contributed by atoms with van der Waals surface area (Å²) in [6.07, 6.45) is -1.09. The van der Waals surface area contributed by atoms with Crippen LogP contribution in [0, 0.1) is 0 Å². The van der Waals surface area contributed by atoms with E-state index in [9.17, 15) is 13.2 Å². The molecule has 0 radical (unpaired) electrons. The minimum Gasteiger partial charge on any atom is -0.481 e. The van der Waals surface area contributed by atoms with Gasteiger partial charge in [0, 0.05) is 36.1 Å². The van der Waals surface area contributed by atoms with Gasteiger partial charge in [-0.1, -0.05) is 6.92 Å². The van der Waals surface area contributed by atoms with Crippen molar-refractivity contribution in [3.63, 3.8) is 0 Å². The number of hydrogen-bond acceptors (Lipinski definition) is 6. The summed E-state index contributed by atoms with van der Waals surface area (Å²) in [5.74, 6) is 1.26. The van der Waals surface area contributed by atoms with Crippen LogP contribution in [0.1, 0.15) is 29.8 Å². The molecule has 0 amide bonds. The fourth-order valence-corrected chi connectivity index (χ4v) is 3.01. The number of fused-ring (bicyclic) bond motifs is 1. The van der Waals surface area contributed by atoms with Crippen LogP contribution in [0.25, 0.3) is 5.65 Å². The lowest BCUT2D eigenvalue weighted by molar-refractivity contribution is -0.137. The fraction of sp³-hybridized carbons (Fsp3) is 0.200. The number of anilines is 2. The lowest BCUT2D eigenvalue weighted by Crippen LogP contribution is -2.08. The third kappa shape index (κ3) is 3.88. The molecule has 0 saturated heterocycles. The first-order valence-electron chi connectivity index (χ1n) is 9.01. The monoisotopic (exact) mass is 414 g/mol. The number of halogens is 3. The van der Waals surface area contributed by atoms with Crippen molar-refractivity contribution >= 4 is 17.3 Å². The van der Waals surface area contributed by atoms with Gasteiger partial charge in [0.2, 0.25) is 11.8 Å². The van der Waals surface area contributed by atoms with Crippen LogP contribution in [0.2, 0.25) is 0 Å². The van der Waals surface area contributed by atoms with Gasteiger partial charge in [0.15, 0.2) is 5.65 Å². The van der Waals surface area contributed by atoms with Crippen LogP contribution < -0.4 is 10.1 Å². The number of pyridine rings is 1. The molecule has 4 aromatic rings. The van der Waals surface area contributed by atoms with Crippen molar-refractivity contribution in [1.82, 2.24) is 24.6 Å². The number of nitrogens with one attached hydrogen (secondary N) is 1. The molecule has 0 fully saturated rings. The molecule has 0 aliphatic rings. The Morgan fingerprint density at radius 2 is 1.77 bits per heavy atom. The minimum atomic E-state index is -4.38. The number of ether oxygens (including phenoxy) is 1. The zero-order valence-electron chi connectivity index (χ0n) is 16.1. The summed E-state index contributed by atoms with van der Waals surface area (Å²) >= 11 is 0. The third-order valence-electron chi connectivity index (χ3n) is 4.60. The first-order chi connectivity index (χ1) is 14.3. The summed E-state index contributed by atoms with van der Waals surface area (Å²) < 4.78 is 45.0. The molecule has 3 aromatic heterocycles. The first kappa shape index (κ1) is 19.6. The van der Waals surface area contributed by atoms with E-state index >= 15 is 0 Å². The first-order valence-corrected chi connectivity index (χ1v) is 9.01. The summed E-state index contributed by atoms with van der Waals surface area (Å²) in [7, 11) is 1.55. The van der Waals surface area contributed by atoms with Gasteiger partial charge < -0.3 is 10.1 Å². The Labute approximate surface area is 169 Å². The zero-order chi connectivity index (χ0) is 21.3. The van der Waals surface area contributed by atoms with Crippen LogP contribution in [0.5, 0.6) is 5.88 Å². The average Bonchev–Trinajstić information content (AvgIpc) is 3.15. The SMILES string of the molecule is COc1cc(C(C)c2nccc3nc(Nc4ccc(C(F)(F)F)cc4)nn23)ccn1. The lowest BCUT2D eigenvalue weighted by Gasteiger charge is -2.12. The van der Waals surface area contributed by atoms with Crippen molar-refractivity contribution in [3.8, 4) is 5.88 Å². The number of rotatable bonds is 5. The Kier molecular flexibility index (Phi) is 4.98. The fourth-order valence-electron chi connectivity index (χ4n) is 3.01. The van der Waals surface area contributed by atoms with E-state index in [1.165, 1.54) is 12.1 Å². The molecule has 1 unspecified atom stereocenters. The van der Waals surface area contributed by atoms with Gasteiger partial charge in [0.1, 0.15) is 5.82 Å². The van der Waals surface area contributed by atoms with Crippen LogP contribution in [-0.4, -0.2) is 31.7 Å². The van der Waals surface area contributed by atoms with E-state index < -0.39 is 11.7 Å². The Hall–Kier alpha value is -3.69. The molecule has 4 rings (SSSR count). The van der Waals surface area contributed by atoms with Gasteiger partial charge in [-0.05, 0) is 35.9 Å². The molecule has 154 valence electrons. The Morgan fingerprint density at radius 1 is 1.03 bits per heavy atom. The Morgan fingerprint density at radius 3 is 2.47 bits per heavy atom. The number of alkyl halides is 3. The summed E-state index contributed by atoms with van der Waals surface area (Å²) in [5, 5.41) is 7.36. The van der Waals surface area contributed by atoms with Gasteiger partial charge in [-0.25, -0.2) is 9.97 Å². The highest BCUT2D eigenvalue weighted by Gasteiger charge is 2.30. The molecule has 1 atom stereocenters. The number of hydrogen-bond donors (Lipinski definition) is 1. The van der Waals surface area contributed by atoms with Gasteiger partial charge >= 0.3 is 6.18 Å². The molecule has 0 aliphatic carbocycles. The Bertz CT molecular complexity index is 1170. The highest BCUT2D eigenvalue weighted by atomic mass is 19.4. The van der Waals surface area contributed by atoms with E-state index in [0.29, 0.717) is 23.0 Å². The lowest BCUT2D eigenvalue weighted by atomic mass is 10.0. The van der Waals surface area contributed by atoms with Crippen LogP contribution in [0.15, 0.2) is 54.9 Å². The topological polar surface area (TPSA) is 77.2 Å². The van der Waals surface area contributed by atoms with Crippen LogP contribution >= 0.6 is 0 Å². The summed E-state index contributed by atoms with van der Waals surface area (Å²) in [6, 6.07) is 10.1. The zero-order valence-corrected chi connectivity index (χ0v) is 16.1. The summed E-state index contributed by atoms with van der Waals surface area (Å²) in [4.78, 5) is 12.9. The molecule has 3 heterocycles. The number of nitrogens with zero attached hydrogens (tertiary/aromatic N) is 5. The largest absolute Gasteiger partial charge is 0.481 e. The molecular weight excluding hydrogens is 397 g/mol. The van der Waals surface area contributed by atoms with Gasteiger partial charge in [0.05, 0.1) is 12.7 Å². The molecule has 7 nitrogen and oxygen atoms in total. The molecule has 0 aliphatic heterocycles. The summed E-state index contributed by atoms with van der Waals surface area (Å²) in [5.41, 5.74) is 1.22. The van der Waals surface area contributed by atoms with Crippen molar-refractivity contribution in [2.75, 3.05) is 12.4 Å².